The van der Waals surface area contributed by atoms with Crippen LogP contribution in [0.5, 0.6) is 0 Å². The summed E-state index contributed by atoms with van der Waals surface area (Å²) in [5.41, 5.74) is 0. The minimum atomic E-state index is -0.242. The van der Waals surface area contributed by atoms with Crippen LogP contribution < -0.4 is 10.6 Å². The first-order valence-corrected chi connectivity index (χ1v) is 9.20. The molecule has 1 saturated heterocycles. The number of carbonyl (C=O) groups excluding carboxylic acids is 1. The Hall–Kier alpha value is -1.91. The van der Waals surface area contributed by atoms with Gasteiger partial charge in [0.2, 0.25) is 11.9 Å². The van der Waals surface area contributed by atoms with Crippen LogP contribution in [0.3, 0.4) is 0 Å². The van der Waals surface area contributed by atoms with Crippen molar-refractivity contribution in [3.05, 3.63) is 17.4 Å². The van der Waals surface area contributed by atoms with Crippen molar-refractivity contribution in [1.29, 1.82) is 5.26 Å². The molecule has 25 heavy (non-hydrogen) atoms. The molecule has 1 aromatic heterocycles. The molecule has 0 radical (unpaired) electrons. The van der Waals surface area contributed by atoms with E-state index in [-0.39, 0.29) is 11.9 Å². The van der Waals surface area contributed by atoms with E-state index in [1.54, 1.807) is 17.3 Å². The van der Waals surface area contributed by atoms with Gasteiger partial charge in [0.25, 0.3) is 0 Å². The van der Waals surface area contributed by atoms with Crippen molar-refractivity contribution >= 4 is 23.5 Å². The Morgan fingerprint density at radius 3 is 2.60 bits per heavy atom. The van der Waals surface area contributed by atoms with Gasteiger partial charge in [-0.2, -0.15) is 5.26 Å². The van der Waals surface area contributed by atoms with Gasteiger partial charge in [-0.25, -0.2) is 9.97 Å². The molecule has 0 aromatic carbocycles. The highest BCUT2D eigenvalue weighted by Gasteiger charge is 2.29. The van der Waals surface area contributed by atoms with Crippen LogP contribution in [-0.2, 0) is 4.79 Å². The molecule has 2 aliphatic rings. The molecule has 0 unspecified atom stereocenters. The monoisotopic (exact) mass is 362 g/mol. The molecule has 0 bridgehead atoms. The van der Waals surface area contributed by atoms with Crippen molar-refractivity contribution in [2.45, 2.75) is 56.7 Å². The lowest BCUT2D eigenvalue weighted by Crippen LogP contribution is -2.45. The highest BCUT2D eigenvalue weighted by Crippen LogP contribution is 2.22. The number of hydrogen-bond donors (Lipinski definition) is 2. The first-order chi connectivity index (χ1) is 12.2. The van der Waals surface area contributed by atoms with Crippen LogP contribution in [-0.4, -0.2) is 52.0 Å². The molecule has 1 aromatic rings. The zero-order valence-electron chi connectivity index (χ0n) is 14.1. The largest absolute Gasteiger partial charge is 0.351 e. The Balaban J connectivity index is 1.38. The Morgan fingerprint density at radius 2 is 1.92 bits per heavy atom. The molecule has 8 heteroatoms. The fraction of sp³-hybridized carbons (Fsp3) is 0.647. The average molecular weight is 363 g/mol. The second-order valence-electron chi connectivity index (χ2n) is 6.67. The molecular formula is C17H23ClN6O. The highest BCUT2D eigenvalue weighted by molar-refractivity contribution is 6.30. The summed E-state index contributed by atoms with van der Waals surface area (Å²) >= 11 is 5.79. The van der Waals surface area contributed by atoms with E-state index in [0.29, 0.717) is 36.1 Å². The molecule has 1 amide bonds. The van der Waals surface area contributed by atoms with E-state index in [1.807, 2.05) is 0 Å². The van der Waals surface area contributed by atoms with E-state index in [4.69, 9.17) is 16.9 Å². The normalized spacial score (nSPS) is 26.2. The Bertz CT molecular complexity index is 623. The van der Waals surface area contributed by atoms with Crippen molar-refractivity contribution in [2.24, 2.45) is 0 Å². The predicted molar refractivity (Wildman–Crippen MR) is 95.1 cm³/mol. The van der Waals surface area contributed by atoms with E-state index >= 15 is 0 Å². The standard InChI is InChI=1S/C17H23ClN6O/c18-12-9-21-17(22-10-12)23-14-5-3-13(4-6-14)20-11-16(25)24-7-1-2-15(24)8-19/h9-10,13-15,20H,1-7,11H2,(H,21,22,23)/t13?,14?,15-/m0/s1. The van der Waals surface area contributed by atoms with Gasteiger partial charge in [-0.1, -0.05) is 11.6 Å². The molecule has 7 nitrogen and oxygen atoms in total. The fourth-order valence-electron chi connectivity index (χ4n) is 3.54. The number of likely N-dealkylation sites (tertiary alicyclic amines) is 1. The van der Waals surface area contributed by atoms with Crippen LogP contribution in [0.25, 0.3) is 0 Å². The maximum Gasteiger partial charge on any atom is 0.237 e. The van der Waals surface area contributed by atoms with E-state index in [0.717, 1.165) is 38.5 Å². The number of rotatable bonds is 5. The van der Waals surface area contributed by atoms with Gasteiger partial charge in [0.15, 0.2) is 0 Å². The minimum Gasteiger partial charge on any atom is -0.351 e. The lowest BCUT2D eigenvalue weighted by molar-refractivity contribution is -0.130. The third-order valence-electron chi connectivity index (χ3n) is 4.94. The number of amides is 1. The molecule has 2 N–H and O–H groups in total. The van der Waals surface area contributed by atoms with Gasteiger partial charge in [0, 0.05) is 18.6 Å². The summed E-state index contributed by atoms with van der Waals surface area (Å²) in [6.45, 7) is 1.03. The summed E-state index contributed by atoms with van der Waals surface area (Å²) in [6, 6.07) is 2.66. The molecule has 1 atom stereocenters. The SMILES string of the molecule is N#C[C@@H]1CCCN1C(=O)CNC1CCC(Nc2ncc(Cl)cn2)CC1. The van der Waals surface area contributed by atoms with Crippen LogP contribution in [0.2, 0.25) is 5.02 Å². The van der Waals surface area contributed by atoms with E-state index < -0.39 is 0 Å². The second kappa shape index (κ2) is 8.45. The molecule has 1 aliphatic heterocycles. The van der Waals surface area contributed by atoms with Crippen LogP contribution in [0.4, 0.5) is 5.95 Å². The fourth-order valence-corrected chi connectivity index (χ4v) is 3.64. The van der Waals surface area contributed by atoms with Crippen molar-refractivity contribution < 1.29 is 4.79 Å². The van der Waals surface area contributed by atoms with Crippen molar-refractivity contribution in [3.8, 4) is 6.07 Å². The molecule has 2 fully saturated rings. The minimum absolute atomic E-state index is 0.0406. The van der Waals surface area contributed by atoms with E-state index in [1.165, 1.54) is 0 Å². The number of carbonyl (C=O) groups is 1. The summed E-state index contributed by atoms with van der Waals surface area (Å²) in [5, 5.41) is 16.3. The van der Waals surface area contributed by atoms with Gasteiger partial charge in [-0.15, -0.1) is 0 Å². The van der Waals surface area contributed by atoms with Gasteiger partial charge in [-0.3, -0.25) is 4.79 Å². The van der Waals surface area contributed by atoms with Crippen molar-refractivity contribution in [1.82, 2.24) is 20.2 Å². The zero-order chi connectivity index (χ0) is 17.6. The smallest absolute Gasteiger partial charge is 0.237 e. The van der Waals surface area contributed by atoms with Gasteiger partial charge >= 0.3 is 0 Å². The summed E-state index contributed by atoms with van der Waals surface area (Å²) in [7, 11) is 0. The first-order valence-electron chi connectivity index (χ1n) is 8.82. The third-order valence-corrected chi connectivity index (χ3v) is 5.14. The molecule has 1 aliphatic carbocycles. The molecule has 0 spiro atoms. The van der Waals surface area contributed by atoms with Gasteiger partial charge in [-0.05, 0) is 38.5 Å². The molecular weight excluding hydrogens is 340 g/mol. The molecule has 1 saturated carbocycles. The molecule has 2 heterocycles. The van der Waals surface area contributed by atoms with Gasteiger partial charge in [0.1, 0.15) is 6.04 Å². The lowest BCUT2D eigenvalue weighted by atomic mass is 9.91. The zero-order valence-corrected chi connectivity index (χ0v) is 14.9. The maximum atomic E-state index is 12.3. The predicted octanol–water partition coefficient (Wildman–Crippen LogP) is 1.96. The quantitative estimate of drug-likeness (QED) is 0.831. The van der Waals surface area contributed by atoms with E-state index in [2.05, 4.69) is 26.7 Å². The van der Waals surface area contributed by atoms with Crippen LogP contribution in [0.15, 0.2) is 12.4 Å². The van der Waals surface area contributed by atoms with Crippen LogP contribution >= 0.6 is 11.6 Å². The average Bonchev–Trinajstić information content (AvgIpc) is 3.12. The topological polar surface area (TPSA) is 93.9 Å². The number of nitrogens with one attached hydrogen (secondary N) is 2. The summed E-state index contributed by atoms with van der Waals surface area (Å²) < 4.78 is 0. The van der Waals surface area contributed by atoms with Crippen LogP contribution in [0.1, 0.15) is 38.5 Å². The van der Waals surface area contributed by atoms with Gasteiger partial charge < -0.3 is 15.5 Å². The lowest BCUT2D eigenvalue weighted by Gasteiger charge is -2.30. The van der Waals surface area contributed by atoms with Crippen molar-refractivity contribution in [3.63, 3.8) is 0 Å². The number of anilines is 1. The number of halogens is 1. The maximum absolute atomic E-state index is 12.3. The summed E-state index contributed by atoms with van der Waals surface area (Å²) in [4.78, 5) is 22.3. The number of hydrogen-bond acceptors (Lipinski definition) is 6. The number of aromatic nitrogens is 2. The third kappa shape index (κ3) is 4.80. The number of nitrogens with zero attached hydrogens (tertiary/aromatic N) is 4. The Kier molecular flexibility index (Phi) is 6.05. The van der Waals surface area contributed by atoms with Crippen LogP contribution in [0, 0.1) is 11.3 Å². The summed E-state index contributed by atoms with van der Waals surface area (Å²) in [6.07, 6.45) is 8.90. The number of nitriles is 1. The van der Waals surface area contributed by atoms with Crippen molar-refractivity contribution in [2.75, 3.05) is 18.4 Å². The highest BCUT2D eigenvalue weighted by atomic mass is 35.5. The Labute approximate surface area is 152 Å². The second-order valence-corrected chi connectivity index (χ2v) is 7.11. The molecule has 134 valence electrons. The van der Waals surface area contributed by atoms with Gasteiger partial charge in [0.05, 0.1) is 30.0 Å². The first kappa shape index (κ1) is 17.9. The van der Waals surface area contributed by atoms with E-state index in [9.17, 15) is 4.79 Å². The summed E-state index contributed by atoms with van der Waals surface area (Å²) in [5.74, 6) is 0.645. The Morgan fingerprint density at radius 1 is 1.24 bits per heavy atom. The molecule has 3 rings (SSSR count).